The third-order valence-corrected chi connectivity index (χ3v) is 3.66. The number of hydrogen-bond acceptors (Lipinski definition) is 3. The highest BCUT2D eigenvalue weighted by Crippen LogP contribution is 2.13. The molecule has 1 aliphatic heterocycles. The van der Waals surface area contributed by atoms with Crippen LogP contribution in [-0.2, 0) is 6.54 Å². The normalized spacial score (nSPS) is 17.8. The van der Waals surface area contributed by atoms with Gasteiger partial charge in [0.1, 0.15) is 0 Å². The van der Waals surface area contributed by atoms with Gasteiger partial charge in [-0.3, -0.25) is 0 Å². The number of hydrogen-bond donors (Lipinski definition) is 1. The number of nitrogens with zero attached hydrogens (tertiary/aromatic N) is 3. The van der Waals surface area contributed by atoms with Crippen LogP contribution in [0.2, 0.25) is 0 Å². The molecule has 0 radical (unpaired) electrons. The summed E-state index contributed by atoms with van der Waals surface area (Å²) in [6, 6.07) is 0. The van der Waals surface area contributed by atoms with Crippen LogP contribution in [-0.4, -0.2) is 47.2 Å². The molecule has 0 unspecified atom stereocenters. The van der Waals surface area contributed by atoms with Gasteiger partial charge in [0, 0.05) is 32.0 Å². The standard InChI is InChI=1S/C13H24N4/c1-2-16(9-10-17-8-7-15-12-17)11-13-3-5-14-6-4-13/h7-8,12-14H,2-6,9-11H2,1H3. The lowest BCUT2D eigenvalue weighted by Crippen LogP contribution is -2.37. The number of likely N-dealkylation sites (N-methyl/N-ethyl adjacent to an activating group) is 1. The molecule has 4 heteroatoms. The van der Waals surface area contributed by atoms with E-state index in [4.69, 9.17) is 0 Å². The van der Waals surface area contributed by atoms with Crippen LogP contribution in [0.5, 0.6) is 0 Å². The van der Waals surface area contributed by atoms with E-state index in [1.54, 1.807) is 0 Å². The number of nitrogens with one attached hydrogen (secondary N) is 1. The topological polar surface area (TPSA) is 33.1 Å². The van der Waals surface area contributed by atoms with E-state index < -0.39 is 0 Å². The molecule has 0 aromatic carbocycles. The van der Waals surface area contributed by atoms with Gasteiger partial charge in [0.2, 0.25) is 0 Å². The lowest BCUT2D eigenvalue weighted by Gasteiger charge is -2.29. The summed E-state index contributed by atoms with van der Waals surface area (Å²) in [6.45, 7) is 9.25. The van der Waals surface area contributed by atoms with Gasteiger partial charge in [0.05, 0.1) is 6.33 Å². The number of piperidine rings is 1. The zero-order valence-electron chi connectivity index (χ0n) is 10.8. The molecule has 1 fully saturated rings. The summed E-state index contributed by atoms with van der Waals surface area (Å²) in [5.74, 6) is 0.888. The first kappa shape index (κ1) is 12.6. The van der Waals surface area contributed by atoms with E-state index in [1.807, 2.05) is 18.7 Å². The molecule has 0 atom stereocenters. The van der Waals surface area contributed by atoms with Crippen LogP contribution in [0.4, 0.5) is 0 Å². The molecule has 4 nitrogen and oxygen atoms in total. The average molecular weight is 236 g/mol. The van der Waals surface area contributed by atoms with E-state index in [9.17, 15) is 0 Å². The predicted molar refractivity (Wildman–Crippen MR) is 69.9 cm³/mol. The largest absolute Gasteiger partial charge is 0.336 e. The van der Waals surface area contributed by atoms with Gasteiger partial charge >= 0.3 is 0 Å². The van der Waals surface area contributed by atoms with Crippen molar-refractivity contribution in [1.29, 1.82) is 0 Å². The first-order valence-electron chi connectivity index (χ1n) is 6.77. The molecule has 96 valence electrons. The summed E-state index contributed by atoms with van der Waals surface area (Å²) < 4.78 is 2.16. The molecule has 0 aliphatic carbocycles. The molecule has 1 aliphatic rings. The average Bonchev–Trinajstić information content (AvgIpc) is 2.89. The maximum Gasteiger partial charge on any atom is 0.0946 e. The SMILES string of the molecule is CCN(CCn1ccnc1)CC1CCNCC1. The van der Waals surface area contributed by atoms with E-state index in [0.717, 1.165) is 25.6 Å². The Morgan fingerprint density at radius 3 is 2.88 bits per heavy atom. The van der Waals surface area contributed by atoms with Crippen molar-refractivity contribution < 1.29 is 0 Å². The second-order valence-corrected chi connectivity index (χ2v) is 4.89. The lowest BCUT2D eigenvalue weighted by atomic mass is 9.97. The first-order valence-corrected chi connectivity index (χ1v) is 6.77. The highest BCUT2D eigenvalue weighted by molar-refractivity contribution is 4.76. The van der Waals surface area contributed by atoms with E-state index in [2.05, 4.69) is 26.7 Å². The van der Waals surface area contributed by atoms with E-state index in [1.165, 1.54) is 32.5 Å². The highest BCUT2D eigenvalue weighted by Gasteiger charge is 2.15. The Morgan fingerprint density at radius 1 is 1.41 bits per heavy atom. The summed E-state index contributed by atoms with van der Waals surface area (Å²) >= 11 is 0. The first-order chi connectivity index (χ1) is 8.38. The monoisotopic (exact) mass is 236 g/mol. The van der Waals surface area contributed by atoms with Crippen molar-refractivity contribution in [3.05, 3.63) is 18.7 Å². The van der Waals surface area contributed by atoms with E-state index in [0.29, 0.717) is 0 Å². The van der Waals surface area contributed by atoms with Crippen LogP contribution in [0, 0.1) is 5.92 Å². The van der Waals surface area contributed by atoms with Gasteiger partial charge in [-0.2, -0.15) is 0 Å². The van der Waals surface area contributed by atoms with Crippen molar-refractivity contribution in [2.24, 2.45) is 5.92 Å². The van der Waals surface area contributed by atoms with Crippen LogP contribution in [0.15, 0.2) is 18.7 Å². The second kappa shape index (κ2) is 6.77. The zero-order chi connectivity index (χ0) is 11.9. The Labute approximate surface area is 104 Å². The van der Waals surface area contributed by atoms with Crippen molar-refractivity contribution in [2.75, 3.05) is 32.7 Å². The molecule has 0 saturated carbocycles. The van der Waals surface area contributed by atoms with Gasteiger partial charge in [-0.25, -0.2) is 4.98 Å². The molecular formula is C13H24N4. The van der Waals surface area contributed by atoms with Gasteiger partial charge in [0.25, 0.3) is 0 Å². The molecule has 0 spiro atoms. The van der Waals surface area contributed by atoms with Gasteiger partial charge in [-0.05, 0) is 38.4 Å². The Hall–Kier alpha value is -0.870. The van der Waals surface area contributed by atoms with Crippen molar-refractivity contribution in [3.63, 3.8) is 0 Å². The second-order valence-electron chi connectivity index (χ2n) is 4.89. The quantitative estimate of drug-likeness (QED) is 0.806. The summed E-state index contributed by atoms with van der Waals surface area (Å²) in [5.41, 5.74) is 0. The molecule has 17 heavy (non-hydrogen) atoms. The Kier molecular flexibility index (Phi) is 5.01. The van der Waals surface area contributed by atoms with Crippen molar-refractivity contribution in [3.8, 4) is 0 Å². The molecule has 1 aromatic rings. The van der Waals surface area contributed by atoms with Crippen LogP contribution in [0.3, 0.4) is 0 Å². The molecule has 1 saturated heterocycles. The molecular weight excluding hydrogens is 212 g/mol. The van der Waals surface area contributed by atoms with Gasteiger partial charge in [-0.1, -0.05) is 6.92 Å². The number of rotatable bonds is 6. The van der Waals surface area contributed by atoms with Crippen molar-refractivity contribution >= 4 is 0 Å². The van der Waals surface area contributed by atoms with E-state index >= 15 is 0 Å². The van der Waals surface area contributed by atoms with Crippen LogP contribution in [0.25, 0.3) is 0 Å². The molecule has 1 N–H and O–H groups in total. The van der Waals surface area contributed by atoms with Crippen molar-refractivity contribution in [2.45, 2.75) is 26.3 Å². The fraction of sp³-hybridized carbons (Fsp3) is 0.769. The maximum absolute atomic E-state index is 4.08. The fourth-order valence-electron chi connectivity index (χ4n) is 2.48. The van der Waals surface area contributed by atoms with Gasteiger partial charge < -0.3 is 14.8 Å². The Bertz CT molecular complexity index is 290. The third-order valence-electron chi connectivity index (χ3n) is 3.66. The molecule has 2 heterocycles. The summed E-state index contributed by atoms with van der Waals surface area (Å²) in [7, 11) is 0. The van der Waals surface area contributed by atoms with E-state index in [-0.39, 0.29) is 0 Å². The van der Waals surface area contributed by atoms with Crippen LogP contribution in [0.1, 0.15) is 19.8 Å². The smallest absolute Gasteiger partial charge is 0.0946 e. The number of imidazole rings is 1. The maximum atomic E-state index is 4.08. The molecule has 2 rings (SSSR count). The van der Waals surface area contributed by atoms with Gasteiger partial charge in [-0.15, -0.1) is 0 Å². The molecule has 0 bridgehead atoms. The summed E-state index contributed by atoms with van der Waals surface area (Å²) in [4.78, 5) is 6.64. The third kappa shape index (κ3) is 4.13. The number of aromatic nitrogens is 2. The molecule has 1 aromatic heterocycles. The van der Waals surface area contributed by atoms with Crippen LogP contribution >= 0.6 is 0 Å². The predicted octanol–water partition coefficient (Wildman–Crippen LogP) is 1.20. The Morgan fingerprint density at radius 2 is 2.24 bits per heavy atom. The van der Waals surface area contributed by atoms with Crippen molar-refractivity contribution in [1.82, 2.24) is 19.8 Å². The Balaban J connectivity index is 1.72. The summed E-state index contributed by atoms with van der Waals surface area (Å²) in [6.07, 6.45) is 8.46. The summed E-state index contributed by atoms with van der Waals surface area (Å²) in [5, 5.41) is 3.43. The minimum absolute atomic E-state index is 0.888. The van der Waals surface area contributed by atoms with Gasteiger partial charge in [0.15, 0.2) is 0 Å². The zero-order valence-corrected chi connectivity index (χ0v) is 10.8. The highest BCUT2D eigenvalue weighted by atomic mass is 15.1. The minimum atomic E-state index is 0.888. The van der Waals surface area contributed by atoms with Crippen LogP contribution < -0.4 is 5.32 Å². The lowest BCUT2D eigenvalue weighted by molar-refractivity contribution is 0.207. The molecule has 0 amide bonds. The minimum Gasteiger partial charge on any atom is -0.336 e. The fourth-order valence-corrected chi connectivity index (χ4v) is 2.48.